The molecule has 136 valence electrons. The first-order chi connectivity index (χ1) is 12.8. The van der Waals surface area contributed by atoms with Gasteiger partial charge in [-0.1, -0.05) is 18.7 Å². The third kappa shape index (κ3) is 3.35. The van der Waals surface area contributed by atoms with Gasteiger partial charge in [-0.3, -0.25) is 9.89 Å². The monoisotopic (exact) mass is 369 g/mol. The number of aromatic nitrogens is 2. The molecule has 0 spiro atoms. The molecule has 2 aliphatic rings. The number of amides is 1. The molecule has 26 heavy (non-hydrogen) atoms. The number of hydrogen-bond acceptors (Lipinski definition) is 5. The van der Waals surface area contributed by atoms with Gasteiger partial charge >= 0.3 is 0 Å². The van der Waals surface area contributed by atoms with E-state index in [1.165, 1.54) is 19.3 Å². The molecule has 6 nitrogen and oxygen atoms in total. The number of aliphatic imine (C=N–C) groups is 1. The summed E-state index contributed by atoms with van der Waals surface area (Å²) >= 11 is 1.65. The van der Waals surface area contributed by atoms with E-state index in [9.17, 15) is 4.79 Å². The predicted molar refractivity (Wildman–Crippen MR) is 103 cm³/mol. The largest absolute Gasteiger partial charge is 0.355 e. The maximum absolute atomic E-state index is 12.3. The van der Waals surface area contributed by atoms with E-state index in [0.717, 1.165) is 46.5 Å². The fourth-order valence-electron chi connectivity index (χ4n) is 3.31. The molecule has 2 aliphatic heterocycles. The summed E-state index contributed by atoms with van der Waals surface area (Å²) in [4.78, 5) is 21.8. The molecule has 0 bridgehead atoms. The fourth-order valence-corrected chi connectivity index (χ4v) is 4.24. The van der Waals surface area contributed by atoms with Crippen molar-refractivity contribution in [1.29, 1.82) is 0 Å². The zero-order chi connectivity index (χ0) is 17.9. The Bertz CT molecular complexity index is 838. The Labute approximate surface area is 157 Å². The maximum atomic E-state index is 12.3. The van der Waals surface area contributed by atoms with Gasteiger partial charge in [-0.25, -0.2) is 4.99 Å². The molecule has 0 saturated carbocycles. The van der Waals surface area contributed by atoms with Gasteiger partial charge in [0.15, 0.2) is 5.84 Å². The zero-order valence-electron chi connectivity index (χ0n) is 14.9. The molecule has 1 aromatic heterocycles. The number of nitrogens with zero attached hydrogens (tertiary/aromatic N) is 3. The van der Waals surface area contributed by atoms with Crippen LogP contribution in [0, 0.1) is 0 Å². The van der Waals surface area contributed by atoms with Crippen LogP contribution in [0.5, 0.6) is 0 Å². The molecule has 0 radical (unpaired) electrons. The van der Waals surface area contributed by atoms with Crippen LogP contribution in [0.2, 0.25) is 0 Å². The molecule has 1 amide bonds. The van der Waals surface area contributed by atoms with E-state index in [0.29, 0.717) is 12.1 Å². The van der Waals surface area contributed by atoms with Crippen molar-refractivity contribution in [1.82, 2.24) is 20.4 Å². The second-order valence-corrected chi connectivity index (χ2v) is 7.72. The Balaban J connectivity index is 1.73. The first-order valence-corrected chi connectivity index (χ1v) is 10.1. The van der Waals surface area contributed by atoms with Crippen LogP contribution < -0.4 is 5.32 Å². The molecular weight excluding hydrogens is 346 g/mol. The van der Waals surface area contributed by atoms with E-state index >= 15 is 0 Å². The van der Waals surface area contributed by atoms with Crippen LogP contribution in [0.15, 0.2) is 39.2 Å². The number of rotatable bonds is 3. The first kappa shape index (κ1) is 17.1. The van der Waals surface area contributed by atoms with Crippen molar-refractivity contribution in [3.8, 4) is 0 Å². The molecule has 0 aliphatic carbocycles. The van der Waals surface area contributed by atoms with Crippen LogP contribution in [0.3, 0.4) is 0 Å². The summed E-state index contributed by atoms with van der Waals surface area (Å²) < 4.78 is 0. The number of amidine groups is 1. The van der Waals surface area contributed by atoms with Gasteiger partial charge in [0.2, 0.25) is 0 Å². The number of fused-ring (bicyclic) bond motifs is 2. The number of hydrogen-bond donors (Lipinski definition) is 2. The van der Waals surface area contributed by atoms with Gasteiger partial charge in [-0.15, -0.1) is 0 Å². The molecule has 7 heteroatoms. The van der Waals surface area contributed by atoms with Crippen LogP contribution in [0.25, 0.3) is 0 Å². The van der Waals surface area contributed by atoms with E-state index in [1.807, 2.05) is 31.3 Å². The minimum atomic E-state index is -0.0428. The summed E-state index contributed by atoms with van der Waals surface area (Å²) in [5, 5.41) is 10.3. The van der Waals surface area contributed by atoms with E-state index in [4.69, 9.17) is 4.99 Å². The second kappa shape index (κ2) is 7.53. The minimum Gasteiger partial charge on any atom is -0.355 e. The zero-order valence-corrected chi connectivity index (χ0v) is 15.7. The van der Waals surface area contributed by atoms with Crippen LogP contribution in [-0.4, -0.2) is 46.5 Å². The number of carbonyl (C=O) groups excluding carboxylic acids is 1. The summed E-state index contributed by atoms with van der Waals surface area (Å²) in [5.41, 5.74) is 2.48. The summed E-state index contributed by atoms with van der Waals surface area (Å²) in [6.07, 6.45) is 6.42. The third-order valence-electron chi connectivity index (χ3n) is 4.69. The van der Waals surface area contributed by atoms with E-state index in [1.54, 1.807) is 11.8 Å². The van der Waals surface area contributed by atoms with Crippen molar-refractivity contribution in [2.24, 2.45) is 4.99 Å². The highest BCUT2D eigenvalue weighted by atomic mass is 32.2. The van der Waals surface area contributed by atoms with E-state index < -0.39 is 0 Å². The third-order valence-corrected chi connectivity index (χ3v) is 5.78. The normalized spacial score (nSPS) is 16.3. The Morgan fingerprint density at radius 2 is 2.12 bits per heavy atom. The van der Waals surface area contributed by atoms with Crippen molar-refractivity contribution >= 4 is 29.2 Å². The standard InChI is InChI=1S/C19H23N5OS/c1-2-8-20-19(25)13-6-7-15-14(11-13)22-18(24-9-4-3-5-10-24)17-16(26-15)12-21-23-17/h6-7,11-12H,2-5,8-10H2,1H3,(H,20,25)(H,21,23). The quantitative estimate of drug-likeness (QED) is 0.867. The predicted octanol–water partition coefficient (Wildman–Crippen LogP) is 3.58. The lowest BCUT2D eigenvalue weighted by Gasteiger charge is -2.29. The lowest BCUT2D eigenvalue weighted by Crippen LogP contribution is -2.36. The van der Waals surface area contributed by atoms with Crippen molar-refractivity contribution in [2.45, 2.75) is 42.4 Å². The first-order valence-electron chi connectivity index (χ1n) is 9.23. The summed E-state index contributed by atoms with van der Waals surface area (Å²) in [5.74, 6) is 0.897. The van der Waals surface area contributed by atoms with Gasteiger partial charge in [-0.05, 0) is 43.9 Å². The Morgan fingerprint density at radius 3 is 2.92 bits per heavy atom. The highest BCUT2D eigenvalue weighted by Crippen LogP contribution is 2.40. The van der Waals surface area contributed by atoms with Gasteiger partial charge in [0.1, 0.15) is 5.69 Å². The lowest BCUT2D eigenvalue weighted by molar-refractivity contribution is 0.0953. The SMILES string of the molecule is CCCNC(=O)c1ccc2c(c1)N=C(N1CCCCC1)c1[nH]ncc1S2. The lowest BCUT2D eigenvalue weighted by atomic mass is 10.1. The van der Waals surface area contributed by atoms with E-state index in [-0.39, 0.29) is 5.91 Å². The average Bonchev–Trinajstić information content (AvgIpc) is 3.07. The molecule has 4 rings (SSSR count). The summed E-state index contributed by atoms with van der Waals surface area (Å²) in [6, 6.07) is 5.76. The van der Waals surface area contributed by atoms with E-state index in [2.05, 4.69) is 20.4 Å². The molecule has 1 saturated heterocycles. The number of nitrogens with one attached hydrogen (secondary N) is 2. The van der Waals surface area contributed by atoms with Crippen LogP contribution in [0.4, 0.5) is 5.69 Å². The number of piperidine rings is 1. The number of H-pyrrole nitrogens is 1. The molecule has 2 aromatic rings. The topological polar surface area (TPSA) is 73.4 Å². The van der Waals surface area contributed by atoms with Crippen molar-refractivity contribution in [3.05, 3.63) is 35.7 Å². The smallest absolute Gasteiger partial charge is 0.251 e. The summed E-state index contributed by atoms with van der Waals surface area (Å²) in [6.45, 7) is 4.75. The Morgan fingerprint density at radius 1 is 1.27 bits per heavy atom. The summed E-state index contributed by atoms with van der Waals surface area (Å²) in [7, 11) is 0. The van der Waals surface area contributed by atoms with Crippen LogP contribution in [-0.2, 0) is 0 Å². The molecule has 3 heterocycles. The molecule has 0 unspecified atom stereocenters. The van der Waals surface area contributed by atoms with Gasteiger partial charge in [0.05, 0.1) is 16.8 Å². The molecular formula is C19H23N5OS. The van der Waals surface area contributed by atoms with Gasteiger partial charge < -0.3 is 10.2 Å². The number of benzene rings is 1. The van der Waals surface area contributed by atoms with Gasteiger partial charge in [0, 0.05) is 30.1 Å². The number of likely N-dealkylation sites (tertiary alicyclic amines) is 1. The minimum absolute atomic E-state index is 0.0428. The maximum Gasteiger partial charge on any atom is 0.251 e. The highest BCUT2D eigenvalue weighted by molar-refractivity contribution is 7.99. The Hall–Kier alpha value is -2.28. The second-order valence-electron chi connectivity index (χ2n) is 6.63. The molecule has 1 aromatic carbocycles. The van der Waals surface area contributed by atoms with Crippen molar-refractivity contribution in [3.63, 3.8) is 0 Å². The van der Waals surface area contributed by atoms with Gasteiger partial charge in [-0.2, -0.15) is 5.10 Å². The molecule has 0 atom stereocenters. The van der Waals surface area contributed by atoms with Crippen LogP contribution in [0.1, 0.15) is 48.7 Å². The number of aromatic amines is 1. The van der Waals surface area contributed by atoms with Crippen LogP contribution >= 0.6 is 11.8 Å². The van der Waals surface area contributed by atoms with Gasteiger partial charge in [0.25, 0.3) is 5.91 Å². The average molecular weight is 369 g/mol. The number of carbonyl (C=O) groups is 1. The fraction of sp³-hybridized carbons (Fsp3) is 0.421. The molecule has 1 fully saturated rings. The Kier molecular flexibility index (Phi) is 4.97. The molecule has 2 N–H and O–H groups in total. The van der Waals surface area contributed by atoms with Crippen molar-refractivity contribution < 1.29 is 4.79 Å². The highest BCUT2D eigenvalue weighted by Gasteiger charge is 2.25. The van der Waals surface area contributed by atoms with Crippen molar-refractivity contribution in [2.75, 3.05) is 19.6 Å².